The molecule has 0 radical (unpaired) electrons. The summed E-state index contributed by atoms with van der Waals surface area (Å²) in [5, 5.41) is 9.53. The van der Waals surface area contributed by atoms with Gasteiger partial charge in [-0.2, -0.15) is 0 Å². The molecule has 0 aromatic heterocycles. The molecular formula is C11H24O3S. The largest absolute Gasteiger partial charge is 0.393 e. The summed E-state index contributed by atoms with van der Waals surface area (Å²) in [4.78, 5) is 0. The Morgan fingerprint density at radius 3 is 2.07 bits per heavy atom. The minimum atomic E-state index is -3.05. The monoisotopic (exact) mass is 236 g/mol. The van der Waals surface area contributed by atoms with Crippen LogP contribution in [-0.2, 0) is 9.84 Å². The molecule has 3 nitrogen and oxygen atoms in total. The van der Waals surface area contributed by atoms with E-state index >= 15 is 0 Å². The summed E-state index contributed by atoms with van der Waals surface area (Å²) in [5.74, 6) is 0.210. The Kier molecular flexibility index (Phi) is 5.27. The first kappa shape index (κ1) is 14.9. The minimum absolute atomic E-state index is 0.0483. The summed E-state index contributed by atoms with van der Waals surface area (Å²) in [5.41, 5.74) is 0. The molecule has 1 N–H and O–H groups in total. The maximum atomic E-state index is 11.8. The molecule has 4 heteroatoms. The second kappa shape index (κ2) is 5.30. The minimum Gasteiger partial charge on any atom is -0.393 e. The molecule has 0 aliphatic carbocycles. The highest BCUT2D eigenvalue weighted by Crippen LogP contribution is 2.20. The first-order valence-corrected chi connectivity index (χ1v) is 7.17. The molecule has 0 saturated heterocycles. The zero-order valence-electron chi connectivity index (χ0n) is 10.4. The Bertz CT molecular complexity index is 275. The standard InChI is InChI=1S/C11H24O3S/c1-6-10(12)9(2)7-8-15(13,14)11(3,4)5/h9-10,12H,6-8H2,1-5H3. The lowest BCUT2D eigenvalue weighted by atomic mass is 10.0. The molecule has 0 spiro atoms. The predicted molar refractivity (Wildman–Crippen MR) is 63.6 cm³/mol. The molecule has 2 atom stereocenters. The zero-order chi connectivity index (χ0) is 12.3. The van der Waals surface area contributed by atoms with E-state index in [1.807, 2.05) is 13.8 Å². The Hall–Kier alpha value is -0.0900. The van der Waals surface area contributed by atoms with Crippen molar-refractivity contribution in [2.75, 3.05) is 5.75 Å². The topological polar surface area (TPSA) is 54.4 Å². The normalized spacial score (nSPS) is 17.5. The smallest absolute Gasteiger partial charge is 0.155 e. The fourth-order valence-electron chi connectivity index (χ4n) is 1.24. The average Bonchev–Trinajstić information content (AvgIpc) is 2.11. The van der Waals surface area contributed by atoms with Crippen molar-refractivity contribution in [3.63, 3.8) is 0 Å². The van der Waals surface area contributed by atoms with E-state index in [2.05, 4.69) is 0 Å². The molecule has 0 rings (SSSR count). The Morgan fingerprint density at radius 2 is 1.73 bits per heavy atom. The summed E-state index contributed by atoms with van der Waals surface area (Å²) in [6, 6.07) is 0. The third-order valence-electron chi connectivity index (χ3n) is 2.85. The summed E-state index contributed by atoms with van der Waals surface area (Å²) in [7, 11) is -3.05. The van der Waals surface area contributed by atoms with E-state index in [0.717, 1.165) is 0 Å². The van der Waals surface area contributed by atoms with Gasteiger partial charge in [0.05, 0.1) is 16.6 Å². The zero-order valence-corrected chi connectivity index (χ0v) is 11.3. The molecule has 0 bridgehead atoms. The quantitative estimate of drug-likeness (QED) is 0.794. The molecular weight excluding hydrogens is 212 g/mol. The van der Waals surface area contributed by atoms with Gasteiger partial charge in [0.1, 0.15) is 0 Å². The summed E-state index contributed by atoms with van der Waals surface area (Å²) in [6.45, 7) is 8.93. The molecule has 0 saturated carbocycles. The SMILES string of the molecule is CCC(O)C(C)CCS(=O)(=O)C(C)(C)C. The number of sulfone groups is 1. The lowest BCUT2D eigenvalue weighted by Gasteiger charge is -2.22. The van der Waals surface area contributed by atoms with Crippen molar-refractivity contribution < 1.29 is 13.5 Å². The summed E-state index contributed by atoms with van der Waals surface area (Å²) >= 11 is 0. The maximum Gasteiger partial charge on any atom is 0.155 e. The Labute approximate surface area is 93.8 Å². The van der Waals surface area contributed by atoms with Crippen LogP contribution in [0.2, 0.25) is 0 Å². The third-order valence-corrected chi connectivity index (χ3v) is 5.49. The summed E-state index contributed by atoms with van der Waals surface area (Å²) < 4.78 is 22.9. The number of aliphatic hydroxyl groups is 1. The third kappa shape index (κ3) is 4.51. The fourth-order valence-corrected chi connectivity index (χ4v) is 2.54. The van der Waals surface area contributed by atoms with Crippen LogP contribution >= 0.6 is 0 Å². The van der Waals surface area contributed by atoms with Crippen LogP contribution in [0.15, 0.2) is 0 Å². The van der Waals surface area contributed by atoms with Crippen molar-refractivity contribution in [1.82, 2.24) is 0 Å². The molecule has 0 aliphatic heterocycles. The van der Waals surface area contributed by atoms with Crippen molar-refractivity contribution >= 4 is 9.84 Å². The highest BCUT2D eigenvalue weighted by Gasteiger charge is 2.29. The summed E-state index contributed by atoms with van der Waals surface area (Å²) in [6.07, 6.45) is 0.825. The molecule has 92 valence electrons. The van der Waals surface area contributed by atoms with Gasteiger partial charge in [0.25, 0.3) is 0 Å². The predicted octanol–water partition coefficient (Wildman–Crippen LogP) is 2.00. The van der Waals surface area contributed by atoms with Crippen LogP contribution in [0.25, 0.3) is 0 Å². The lowest BCUT2D eigenvalue weighted by molar-refractivity contribution is 0.111. The van der Waals surface area contributed by atoms with Crippen molar-refractivity contribution in [3.05, 3.63) is 0 Å². The van der Waals surface area contributed by atoms with Gasteiger partial charge in [0.2, 0.25) is 0 Å². The van der Waals surface area contributed by atoms with Gasteiger partial charge < -0.3 is 5.11 Å². The number of rotatable bonds is 5. The van der Waals surface area contributed by atoms with Crippen LogP contribution in [0.1, 0.15) is 47.5 Å². The van der Waals surface area contributed by atoms with Gasteiger partial charge in [-0.05, 0) is 39.5 Å². The molecule has 0 fully saturated rings. The number of hydrogen-bond donors (Lipinski definition) is 1. The van der Waals surface area contributed by atoms with Crippen molar-refractivity contribution in [2.45, 2.75) is 58.3 Å². The van der Waals surface area contributed by atoms with Crippen LogP contribution in [0.3, 0.4) is 0 Å². The second-order valence-corrected chi connectivity index (χ2v) is 8.04. The van der Waals surface area contributed by atoms with Crippen LogP contribution in [0.4, 0.5) is 0 Å². The van der Waals surface area contributed by atoms with Crippen LogP contribution < -0.4 is 0 Å². The highest BCUT2D eigenvalue weighted by atomic mass is 32.2. The van der Waals surface area contributed by atoms with Gasteiger partial charge in [-0.1, -0.05) is 13.8 Å². The van der Waals surface area contributed by atoms with E-state index in [1.165, 1.54) is 0 Å². The van der Waals surface area contributed by atoms with Crippen LogP contribution in [-0.4, -0.2) is 30.1 Å². The van der Waals surface area contributed by atoms with Crippen LogP contribution in [0.5, 0.6) is 0 Å². The first-order valence-electron chi connectivity index (χ1n) is 5.52. The molecule has 0 amide bonds. The number of aliphatic hydroxyl groups excluding tert-OH is 1. The van der Waals surface area contributed by atoms with Crippen molar-refractivity contribution in [1.29, 1.82) is 0 Å². The Morgan fingerprint density at radius 1 is 1.27 bits per heavy atom. The van der Waals surface area contributed by atoms with Crippen molar-refractivity contribution in [3.8, 4) is 0 Å². The lowest BCUT2D eigenvalue weighted by Crippen LogP contribution is -2.32. The first-order chi connectivity index (χ1) is 6.62. The molecule has 0 heterocycles. The molecule has 0 aromatic rings. The van der Waals surface area contributed by atoms with Gasteiger partial charge in [-0.25, -0.2) is 8.42 Å². The van der Waals surface area contributed by atoms with E-state index in [9.17, 15) is 13.5 Å². The van der Waals surface area contributed by atoms with E-state index in [4.69, 9.17) is 0 Å². The van der Waals surface area contributed by atoms with Crippen LogP contribution in [0, 0.1) is 5.92 Å². The molecule has 15 heavy (non-hydrogen) atoms. The van der Waals surface area contributed by atoms with Gasteiger partial charge in [-0.3, -0.25) is 0 Å². The van der Waals surface area contributed by atoms with E-state index in [1.54, 1.807) is 20.8 Å². The van der Waals surface area contributed by atoms with Gasteiger partial charge in [-0.15, -0.1) is 0 Å². The van der Waals surface area contributed by atoms with E-state index in [-0.39, 0.29) is 17.8 Å². The maximum absolute atomic E-state index is 11.8. The van der Waals surface area contributed by atoms with Gasteiger partial charge in [0, 0.05) is 0 Å². The molecule has 0 aromatic carbocycles. The average molecular weight is 236 g/mol. The second-order valence-electron chi connectivity index (χ2n) is 5.17. The van der Waals surface area contributed by atoms with E-state index in [0.29, 0.717) is 12.8 Å². The van der Waals surface area contributed by atoms with Gasteiger partial charge >= 0.3 is 0 Å². The highest BCUT2D eigenvalue weighted by molar-refractivity contribution is 7.92. The van der Waals surface area contributed by atoms with Gasteiger partial charge in [0.15, 0.2) is 9.84 Å². The Balaban J connectivity index is 4.29. The number of hydrogen-bond acceptors (Lipinski definition) is 3. The van der Waals surface area contributed by atoms with Crippen molar-refractivity contribution in [2.24, 2.45) is 5.92 Å². The van der Waals surface area contributed by atoms with E-state index < -0.39 is 14.6 Å². The molecule has 2 unspecified atom stereocenters. The fraction of sp³-hybridized carbons (Fsp3) is 1.00. The molecule has 0 aliphatic rings.